The van der Waals surface area contributed by atoms with E-state index in [0.29, 0.717) is 6.61 Å². The average Bonchev–Trinajstić information content (AvgIpc) is 2.30. The van der Waals surface area contributed by atoms with Gasteiger partial charge in [-0.05, 0) is 50.0 Å². The van der Waals surface area contributed by atoms with Gasteiger partial charge in [-0.1, -0.05) is 24.8 Å². The van der Waals surface area contributed by atoms with E-state index in [0.717, 1.165) is 5.92 Å². The summed E-state index contributed by atoms with van der Waals surface area (Å²) in [5.74, 6) is 0.839. The molecule has 0 bridgehead atoms. The molecule has 0 saturated heterocycles. The van der Waals surface area contributed by atoms with Gasteiger partial charge in [0.25, 0.3) is 0 Å². The maximum absolute atomic E-state index is 9.33. The van der Waals surface area contributed by atoms with Crippen LogP contribution in [0.1, 0.15) is 57.8 Å². The van der Waals surface area contributed by atoms with Crippen molar-refractivity contribution in [3.8, 4) is 0 Å². The van der Waals surface area contributed by atoms with E-state index in [4.69, 9.17) is 0 Å². The molecule has 1 nitrogen and oxygen atoms in total. The third-order valence-corrected chi connectivity index (χ3v) is 3.92. The molecule has 14 heavy (non-hydrogen) atoms. The van der Waals surface area contributed by atoms with Crippen molar-refractivity contribution in [3.63, 3.8) is 0 Å². The van der Waals surface area contributed by atoms with Crippen LogP contribution in [0, 0.1) is 5.92 Å². The summed E-state index contributed by atoms with van der Waals surface area (Å²) < 4.78 is 0. The minimum atomic E-state index is 0.325. The molecule has 2 rings (SSSR count). The van der Waals surface area contributed by atoms with E-state index in [1.165, 1.54) is 63.4 Å². The van der Waals surface area contributed by atoms with Crippen LogP contribution < -0.4 is 0 Å². The van der Waals surface area contributed by atoms with E-state index in [2.05, 4.69) is 0 Å². The van der Waals surface area contributed by atoms with Crippen molar-refractivity contribution >= 4 is 0 Å². The van der Waals surface area contributed by atoms with Gasteiger partial charge in [0.15, 0.2) is 0 Å². The van der Waals surface area contributed by atoms with Gasteiger partial charge in [0.1, 0.15) is 0 Å². The summed E-state index contributed by atoms with van der Waals surface area (Å²) in [4.78, 5) is 0. The van der Waals surface area contributed by atoms with E-state index < -0.39 is 0 Å². The molecule has 0 radical (unpaired) electrons. The number of hydrogen-bond acceptors (Lipinski definition) is 1. The minimum absolute atomic E-state index is 0.325. The molecule has 1 saturated carbocycles. The molecule has 0 spiro atoms. The van der Waals surface area contributed by atoms with Crippen molar-refractivity contribution in [1.29, 1.82) is 0 Å². The van der Waals surface area contributed by atoms with Gasteiger partial charge in [-0.25, -0.2) is 0 Å². The van der Waals surface area contributed by atoms with Gasteiger partial charge in [-0.15, -0.1) is 0 Å². The van der Waals surface area contributed by atoms with Gasteiger partial charge < -0.3 is 5.11 Å². The van der Waals surface area contributed by atoms with Gasteiger partial charge in [0.2, 0.25) is 0 Å². The first-order valence-corrected chi connectivity index (χ1v) is 6.23. The number of allylic oxidation sites excluding steroid dienone is 1. The number of aliphatic hydroxyl groups is 1. The highest BCUT2D eigenvalue weighted by atomic mass is 16.3. The van der Waals surface area contributed by atoms with Crippen molar-refractivity contribution in [3.05, 3.63) is 11.1 Å². The first-order valence-electron chi connectivity index (χ1n) is 6.23. The summed E-state index contributed by atoms with van der Waals surface area (Å²) in [5.41, 5.74) is 3.04. The molecular formula is C13H22O. The van der Waals surface area contributed by atoms with Crippen molar-refractivity contribution in [2.24, 2.45) is 5.92 Å². The van der Waals surface area contributed by atoms with Gasteiger partial charge in [-0.3, -0.25) is 0 Å². The minimum Gasteiger partial charge on any atom is -0.392 e. The van der Waals surface area contributed by atoms with Gasteiger partial charge in [0, 0.05) is 0 Å². The van der Waals surface area contributed by atoms with Crippen LogP contribution in [0.4, 0.5) is 0 Å². The fourth-order valence-corrected chi connectivity index (χ4v) is 3.12. The van der Waals surface area contributed by atoms with Crippen LogP contribution in [0.25, 0.3) is 0 Å². The van der Waals surface area contributed by atoms with Crippen LogP contribution in [-0.4, -0.2) is 11.7 Å². The summed E-state index contributed by atoms with van der Waals surface area (Å²) in [6.07, 6.45) is 12.1. The number of hydrogen-bond donors (Lipinski definition) is 1. The van der Waals surface area contributed by atoms with E-state index in [9.17, 15) is 5.11 Å². The maximum atomic E-state index is 9.33. The summed E-state index contributed by atoms with van der Waals surface area (Å²) in [6, 6.07) is 0. The molecule has 2 aliphatic carbocycles. The lowest BCUT2D eigenvalue weighted by atomic mass is 9.77. The fourth-order valence-electron chi connectivity index (χ4n) is 3.12. The molecule has 0 heterocycles. The second-order valence-corrected chi connectivity index (χ2v) is 4.83. The smallest absolute Gasteiger partial charge is 0.0644 e. The van der Waals surface area contributed by atoms with Crippen LogP contribution in [0.5, 0.6) is 0 Å². The Labute approximate surface area is 87.2 Å². The maximum Gasteiger partial charge on any atom is 0.0644 e. The molecule has 0 atom stereocenters. The SMILES string of the molecule is OCC1=C(C2CCCCC2)CCCC1. The summed E-state index contributed by atoms with van der Waals surface area (Å²) in [5, 5.41) is 9.33. The molecule has 0 unspecified atom stereocenters. The molecule has 0 aromatic carbocycles. The van der Waals surface area contributed by atoms with Crippen molar-refractivity contribution in [2.45, 2.75) is 57.8 Å². The second kappa shape index (κ2) is 4.97. The Balaban J connectivity index is 2.07. The molecule has 0 aromatic rings. The quantitative estimate of drug-likeness (QED) is 0.668. The third kappa shape index (κ3) is 2.20. The predicted octanol–water partition coefficient (Wildman–Crippen LogP) is 3.43. The average molecular weight is 194 g/mol. The topological polar surface area (TPSA) is 20.2 Å². The Bertz CT molecular complexity index is 211. The van der Waals surface area contributed by atoms with E-state index in [1.807, 2.05) is 0 Å². The van der Waals surface area contributed by atoms with Crippen LogP contribution >= 0.6 is 0 Å². The molecule has 0 aliphatic heterocycles. The van der Waals surface area contributed by atoms with E-state index in [1.54, 1.807) is 5.57 Å². The zero-order chi connectivity index (χ0) is 9.80. The Morgan fingerprint density at radius 2 is 1.64 bits per heavy atom. The van der Waals surface area contributed by atoms with Crippen LogP contribution in [0.2, 0.25) is 0 Å². The Morgan fingerprint density at radius 3 is 2.36 bits per heavy atom. The largest absolute Gasteiger partial charge is 0.392 e. The molecule has 0 amide bonds. The zero-order valence-electron chi connectivity index (χ0n) is 9.10. The lowest BCUT2D eigenvalue weighted by Gasteiger charge is -2.29. The highest BCUT2D eigenvalue weighted by molar-refractivity contribution is 5.20. The first-order chi connectivity index (χ1) is 6.92. The van der Waals surface area contributed by atoms with Crippen molar-refractivity contribution in [2.75, 3.05) is 6.61 Å². The van der Waals surface area contributed by atoms with E-state index in [-0.39, 0.29) is 0 Å². The summed E-state index contributed by atoms with van der Waals surface area (Å²) in [7, 11) is 0. The highest BCUT2D eigenvalue weighted by Crippen LogP contribution is 2.37. The molecule has 80 valence electrons. The van der Waals surface area contributed by atoms with Gasteiger partial charge >= 0.3 is 0 Å². The fraction of sp³-hybridized carbons (Fsp3) is 0.846. The standard InChI is InChI=1S/C13H22O/c14-10-12-8-4-5-9-13(12)11-6-2-1-3-7-11/h11,14H,1-10H2. The van der Waals surface area contributed by atoms with Gasteiger partial charge in [0.05, 0.1) is 6.61 Å². The van der Waals surface area contributed by atoms with Crippen LogP contribution in [0.3, 0.4) is 0 Å². The normalized spacial score (nSPS) is 25.5. The second-order valence-electron chi connectivity index (χ2n) is 4.83. The molecule has 1 N–H and O–H groups in total. The number of rotatable bonds is 2. The lowest BCUT2D eigenvalue weighted by molar-refractivity contribution is 0.310. The van der Waals surface area contributed by atoms with Crippen LogP contribution in [0.15, 0.2) is 11.1 Å². The van der Waals surface area contributed by atoms with Crippen LogP contribution in [-0.2, 0) is 0 Å². The lowest BCUT2D eigenvalue weighted by Crippen LogP contribution is -2.15. The monoisotopic (exact) mass is 194 g/mol. The number of aliphatic hydroxyl groups excluding tert-OH is 1. The Hall–Kier alpha value is -0.300. The summed E-state index contributed by atoms with van der Waals surface area (Å²) >= 11 is 0. The van der Waals surface area contributed by atoms with Crippen molar-refractivity contribution < 1.29 is 5.11 Å². The molecule has 2 aliphatic rings. The Morgan fingerprint density at radius 1 is 0.929 bits per heavy atom. The van der Waals surface area contributed by atoms with E-state index >= 15 is 0 Å². The Kier molecular flexibility index (Phi) is 3.63. The zero-order valence-corrected chi connectivity index (χ0v) is 9.10. The first kappa shape index (κ1) is 10.2. The highest BCUT2D eigenvalue weighted by Gasteiger charge is 2.22. The third-order valence-electron chi connectivity index (χ3n) is 3.92. The molecule has 1 heteroatoms. The van der Waals surface area contributed by atoms with Crippen molar-refractivity contribution in [1.82, 2.24) is 0 Å². The van der Waals surface area contributed by atoms with Gasteiger partial charge in [-0.2, -0.15) is 0 Å². The molecule has 0 aromatic heterocycles. The molecule has 1 fully saturated rings. The molecular weight excluding hydrogens is 172 g/mol. The summed E-state index contributed by atoms with van der Waals surface area (Å²) in [6.45, 7) is 0.325. The predicted molar refractivity (Wildman–Crippen MR) is 59.2 cm³/mol.